The largest absolute Gasteiger partial charge is 0.481 e. The Labute approximate surface area is 382 Å². The average molecular weight is 935 g/mol. The molecule has 9 atom stereocenters. The number of nitrogens with two attached hydrogens (primary N) is 1. The Bertz CT molecular complexity index is 1840. The van der Waals surface area contributed by atoms with Crippen molar-refractivity contribution < 1.29 is 63.3 Å². The standard InChI is InChI=1S/C43H66N8O13S/c1-7-24(4)35(50-40(60)32-14-11-18-51(32)42(62)29(17-19-65-6)47-37(57)27(44)22-34(54)55)41(61)46-28(15-16-33(52)53)38(58)45-25(5)36(56)48-30(21-26-12-9-8-10-13-26)39(59)49-31(43(63)64)20-23(2)3/h8-10,12-13,23-25,27-32,35H,7,11,14-22,44H2,1-6H3,(H,45,58)(H,46,61)(H,47,57)(H,48,56)(H,49,59)(H,50,60)(H,52,53)(H,54,55)(H,63,64)/t24-,25-,27-,28-,29-,30-,31-,32-,35-/m0/s1. The van der Waals surface area contributed by atoms with Crippen LogP contribution in [0.15, 0.2) is 30.3 Å². The molecule has 1 aromatic carbocycles. The van der Waals surface area contributed by atoms with Crippen LogP contribution in [-0.2, 0) is 54.4 Å². The summed E-state index contributed by atoms with van der Waals surface area (Å²) in [6.07, 6.45) is 1.36. The number of carboxylic acid groups (broad SMARTS) is 3. The molecule has 21 nitrogen and oxygen atoms in total. The summed E-state index contributed by atoms with van der Waals surface area (Å²) < 4.78 is 0. The van der Waals surface area contributed by atoms with Crippen molar-refractivity contribution in [2.24, 2.45) is 17.6 Å². The second kappa shape index (κ2) is 27.5. The Hall–Kier alpha value is -5.77. The van der Waals surface area contributed by atoms with E-state index in [9.17, 15) is 58.2 Å². The zero-order valence-corrected chi connectivity index (χ0v) is 38.6. The molecule has 1 aliphatic rings. The first-order valence-electron chi connectivity index (χ1n) is 21.7. The van der Waals surface area contributed by atoms with E-state index in [1.54, 1.807) is 64.3 Å². The van der Waals surface area contributed by atoms with E-state index in [4.69, 9.17) is 10.8 Å². The topological polar surface area (TPSA) is 333 Å². The lowest BCUT2D eigenvalue weighted by atomic mass is 9.97. The van der Waals surface area contributed by atoms with Gasteiger partial charge in [0.25, 0.3) is 0 Å². The summed E-state index contributed by atoms with van der Waals surface area (Å²) in [6.45, 7) is 8.45. The van der Waals surface area contributed by atoms with Crippen molar-refractivity contribution >= 4 is 71.0 Å². The first kappa shape index (κ1) is 55.4. The number of carbonyl (C=O) groups is 10. The minimum atomic E-state index is -1.52. The van der Waals surface area contributed by atoms with E-state index in [-0.39, 0.29) is 38.1 Å². The molecule has 1 saturated heterocycles. The molecule has 0 aromatic heterocycles. The Morgan fingerprint density at radius 2 is 1.34 bits per heavy atom. The quantitative estimate of drug-likeness (QED) is 0.0518. The van der Waals surface area contributed by atoms with Gasteiger partial charge in [-0.15, -0.1) is 0 Å². The van der Waals surface area contributed by atoms with Gasteiger partial charge in [0.05, 0.1) is 12.5 Å². The van der Waals surface area contributed by atoms with E-state index in [1.807, 2.05) is 0 Å². The first-order valence-corrected chi connectivity index (χ1v) is 23.1. The highest BCUT2D eigenvalue weighted by molar-refractivity contribution is 7.98. The number of thioether (sulfide) groups is 1. The van der Waals surface area contributed by atoms with Gasteiger partial charge in [0, 0.05) is 19.4 Å². The van der Waals surface area contributed by atoms with Crippen molar-refractivity contribution in [2.45, 2.75) is 141 Å². The summed E-state index contributed by atoms with van der Waals surface area (Å²) in [6, 6.07) is -1.65. The van der Waals surface area contributed by atoms with Crippen LogP contribution in [-0.4, -0.2) is 146 Å². The van der Waals surface area contributed by atoms with Crippen LogP contribution in [0, 0.1) is 11.8 Å². The summed E-state index contributed by atoms with van der Waals surface area (Å²) in [5, 5.41) is 43.5. The molecule has 1 aromatic rings. The summed E-state index contributed by atoms with van der Waals surface area (Å²) in [4.78, 5) is 131. The fourth-order valence-electron chi connectivity index (χ4n) is 7.01. The van der Waals surface area contributed by atoms with Gasteiger partial charge in [0.15, 0.2) is 0 Å². The SMILES string of the molecule is CC[C@H](C)[C@H](NC(=O)[C@@H]1CCCN1C(=O)[C@H](CCSC)NC(=O)[C@@H](N)CC(=O)O)C(=O)N[C@@H](CCC(=O)O)C(=O)N[C@@H](C)C(=O)N[C@@H](Cc1ccccc1)C(=O)N[C@@H](CC(C)C)C(=O)O. The van der Waals surface area contributed by atoms with Gasteiger partial charge in [0.2, 0.25) is 41.4 Å². The van der Waals surface area contributed by atoms with Gasteiger partial charge in [-0.1, -0.05) is 64.4 Å². The molecule has 1 fully saturated rings. The molecule has 0 bridgehead atoms. The lowest BCUT2D eigenvalue weighted by Gasteiger charge is -2.31. The lowest BCUT2D eigenvalue weighted by Crippen LogP contribution is -2.60. The monoisotopic (exact) mass is 934 g/mol. The van der Waals surface area contributed by atoms with Crippen LogP contribution in [0.3, 0.4) is 0 Å². The Morgan fingerprint density at radius 3 is 1.91 bits per heavy atom. The maximum Gasteiger partial charge on any atom is 0.326 e. The molecule has 0 aliphatic carbocycles. The molecule has 1 aliphatic heterocycles. The van der Waals surface area contributed by atoms with Crippen LogP contribution in [0.25, 0.3) is 0 Å². The van der Waals surface area contributed by atoms with Gasteiger partial charge >= 0.3 is 17.9 Å². The highest BCUT2D eigenvalue weighted by Crippen LogP contribution is 2.21. The molecule has 0 unspecified atom stereocenters. The van der Waals surface area contributed by atoms with Crippen molar-refractivity contribution in [3.8, 4) is 0 Å². The van der Waals surface area contributed by atoms with Crippen LogP contribution < -0.4 is 37.6 Å². The third kappa shape index (κ3) is 18.7. The number of benzene rings is 1. The zero-order valence-electron chi connectivity index (χ0n) is 37.8. The van der Waals surface area contributed by atoms with Crippen LogP contribution in [0.5, 0.6) is 0 Å². The number of nitrogens with one attached hydrogen (secondary N) is 6. The number of hydrogen-bond donors (Lipinski definition) is 10. The predicted octanol–water partition coefficient (Wildman–Crippen LogP) is -0.255. The number of carboxylic acids is 3. The summed E-state index contributed by atoms with van der Waals surface area (Å²) >= 11 is 1.40. The molecule has 22 heteroatoms. The molecule has 0 spiro atoms. The van der Waals surface area contributed by atoms with Gasteiger partial charge in [-0.3, -0.25) is 43.2 Å². The molecular weight excluding hydrogens is 869 g/mol. The Morgan fingerprint density at radius 1 is 0.738 bits per heavy atom. The van der Waals surface area contributed by atoms with Crippen LogP contribution in [0.2, 0.25) is 0 Å². The molecule has 0 radical (unpaired) electrons. The summed E-state index contributed by atoms with van der Waals surface area (Å²) in [5.41, 5.74) is 6.37. The van der Waals surface area contributed by atoms with E-state index in [2.05, 4.69) is 31.9 Å². The maximum atomic E-state index is 14.0. The minimum Gasteiger partial charge on any atom is -0.481 e. The van der Waals surface area contributed by atoms with Gasteiger partial charge in [-0.05, 0) is 68.4 Å². The highest BCUT2D eigenvalue weighted by atomic mass is 32.2. The van der Waals surface area contributed by atoms with Crippen LogP contribution in [0.4, 0.5) is 0 Å². The number of hydrogen-bond acceptors (Lipinski definition) is 12. The van der Waals surface area contributed by atoms with Crippen molar-refractivity contribution in [1.82, 2.24) is 36.8 Å². The molecule has 7 amide bonds. The smallest absolute Gasteiger partial charge is 0.326 e. The first-order chi connectivity index (χ1) is 30.6. The summed E-state index contributed by atoms with van der Waals surface area (Å²) in [5.74, 6) is -9.58. The fraction of sp³-hybridized carbons (Fsp3) is 0.628. The van der Waals surface area contributed by atoms with Gasteiger partial charge in [-0.25, -0.2) is 4.79 Å². The Balaban J connectivity index is 2.28. The number of amides is 7. The van der Waals surface area contributed by atoms with E-state index in [0.29, 0.717) is 24.2 Å². The van der Waals surface area contributed by atoms with Gasteiger partial charge in [0.1, 0.15) is 42.3 Å². The zero-order chi connectivity index (χ0) is 49.0. The second-order valence-electron chi connectivity index (χ2n) is 16.6. The normalized spacial score (nSPS) is 17.2. The minimum absolute atomic E-state index is 0.0294. The third-order valence-electron chi connectivity index (χ3n) is 10.9. The Kier molecular flexibility index (Phi) is 23.4. The van der Waals surface area contributed by atoms with Crippen molar-refractivity contribution in [2.75, 3.05) is 18.6 Å². The molecule has 1 heterocycles. The molecular formula is C43H66N8O13S. The van der Waals surface area contributed by atoms with E-state index in [1.165, 1.54) is 23.6 Å². The second-order valence-corrected chi connectivity index (χ2v) is 17.6. The molecule has 362 valence electrons. The van der Waals surface area contributed by atoms with Gasteiger partial charge in [-0.2, -0.15) is 11.8 Å². The van der Waals surface area contributed by atoms with E-state index in [0.717, 1.165) is 0 Å². The van der Waals surface area contributed by atoms with Crippen molar-refractivity contribution in [3.05, 3.63) is 35.9 Å². The molecule has 65 heavy (non-hydrogen) atoms. The van der Waals surface area contributed by atoms with E-state index < -0.39 is 133 Å². The fourth-order valence-corrected chi connectivity index (χ4v) is 7.48. The van der Waals surface area contributed by atoms with Crippen LogP contribution >= 0.6 is 11.8 Å². The van der Waals surface area contributed by atoms with Gasteiger partial charge < -0.3 is 57.9 Å². The lowest BCUT2D eigenvalue weighted by molar-refractivity contribution is -0.143. The number of likely N-dealkylation sites (tertiary alicyclic amines) is 1. The number of nitrogens with zero attached hydrogens (tertiary/aromatic N) is 1. The van der Waals surface area contributed by atoms with Crippen molar-refractivity contribution in [1.29, 1.82) is 0 Å². The third-order valence-corrected chi connectivity index (χ3v) is 11.5. The maximum absolute atomic E-state index is 14.0. The number of rotatable bonds is 28. The number of aliphatic carboxylic acids is 3. The molecule has 2 rings (SSSR count). The van der Waals surface area contributed by atoms with Crippen LogP contribution in [0.1, 0.15) is 91.5 Å². The molecule has 11 N–H and O–H groups in total. The number of carbonyl (C=O) groups excluding carboxylic acids is 7. The highest BCUT2D eigenvalue weighted by Gasteiger charge is 2.40. The van der Waals surface area contributed by atoms with E-state index >= 15 is 0 Å². The molecule has 0 saturated carbocycles. The predicted molar refractivity (Wildman–Crippen MR) is 239 cm³/mol. The van der Waals surface area contributed by atoms with Crippen molar-refractivity contribution in [3.63, 3.8) is 0 Å². The summed E-state index contributed by atoms with van der Waals surface area (Å²) in [7, 11) is 0. The average Bonchev–Trinajstić information content (AvgIpc) is 3.74.